The fourth-order valence-corrected chi connectivity index (χ4v) is 3.58. The van der Waals surface area contributed by atoms with E-state index in [0.717, 1.165) is 16.7 Å². The van der Waals surface area contributed by atoms with Crippen molar-refractivity contribution in [3.05, 3.63) is 77.9 Å². The zero-order valence-electron chi connectivity index (χ0n) is 16.3. The van der Waals surface area contributed by atoms with Crippen molar-refractivity contribution in [2.75, 3.05) is 4.90 Å². The summed E-state index contributed by atoms with van der Waals surface area (Å²) in [5.74, 6) is -0.304. The Hall–Kier alpha value is -2.88. The average Bonchev–Trinajstić information content (AvgIpc) is 2.84. The summed E-state index contributed by atoms with van der Waals surface area (Å²) < 4.78 is 5.52. The number of nitrogens with zero attached hydrogens (tertiary/aromatic N) is 1. The summed E-state index contributed by atoms with van der Waals surface area (Å²) in [7, 11) is 0. The first-order chi connectivity index (χ1) is 12.7. The number of imide groups is 1. The van der Waals surface area contributed by atoms with Crippen molar-refractivity contribution in [3.8, 4) is 0 Å². The Morgan fingerprint density at radius 1 is 1.15 bits per heavy atom. The zero-order valence-corrected chi connectivity index (χ0v) is 16.3. The number of para-hydroxylation sites is 1. The van der Waals surface area contributed by atoms with Gasteiger partial charge in [-0.25, -0.2) is 9.69 Å². The first kappa shape index (κ1) is 18.9. The number of hydrogen-bond donors (Lipinski definition) is 0. The molecule has 1 unspecified atom stereocenters. The lowest BCUT2D eigenvalue weighted by molar-refractivity contribution is -0.121. The Labute approximate surface area is 160 Å². The van der Waals surface area contributed by atoms with Gasteiger partial charge in [0.2, 0.25) is 0 Å². The van der Waals surface area contributed by atoms with E-state index in [2.05, 4.69) is 6.58 Å². The fraction of sp³-hybridized carbons (Fsp3) is 0.304. The lowest BCUT2D eigenvalue weighted by Crippen LogP contribution is -2.45. The molecule has 0 N–H and O–H groups in total. The summed E-state index contributed by atoms with van der Waals surface area (Å²) in [4.78, 5) is 27.7. The molecule has 3 rings (SSSR count). The molecule has 0 fully saturated rings. The standard InChI is InChI=1S/C23H25NO3/c1-6-15-23(17-13-11-16(2)12-14-17)18-9-7-8-10-19(18)24(20(23)25)21(26)27-22(3,4)5/h6-14H,1,15H2,2-5H3. The molecule has 1 atom stereocenters. The lowest BCUT2D eigenvalue weighted by atomic mass is 9.73. The van der Waals surface area contributed by atoms with Crippen LogP contribution in [-0.2, 0) is 14.9 Å². The van der Waals surface area contributed by atoms with Crippen molar-refractivity contribution in [1.29, 1.82) is 0 Å². The average molecular weight is 363 g/mol. The van der Waals surface area contributed by atoms with Crippen LogP contribution >= 0.6 is 0 Å². The first-order valence-electron chi connectivity index (χ1n) is 9.06. The quantitative estimate of drug-likeness (QED) is 0.710. The SMILES string of the molecule is C=CCC1(c2ccc(C)cc2)C(=O)N(C(=O)OC(C)(C)C)c2ccccc21. The van der Waals surface area contributed by atoms with Gasteiger partial charge in [-0.1, -0.05) is 54.1 Å². The van der Waals surface area contributed by atoms with Crippen molar-refractivity contribution < 1.29 is 14.3 Å². The van der Waals surface area contributed by atoms with Crippen molar-refractivity contribution in [1.82, 2.24) is 0 Å². The van der Waals surface area contributed by atoms with Gasteiger partial charge in [-0.15, -0.1) is 6.58 Å². The third kappa shape index (κ3) is 3.16. The van der Waals surface area contributed by atoms with E-state index in [-0.39, 0.29) is 5.91 Å². The molecular weight excluding hydrogens is 338 g/mol. The number of aryl methyl sites for hydroxylation is 1. The van der Waals surface area contributed by atoms with E-state index in [4.69, 9.17) is 4.74 Å². The highest BCUT2D eigenvalue weighted by Gasteiger charge is 2.54. The number of allylic oxidation sites excluding steroid dienone is 1. The molecule has 0 saturated carbocycles. The molecule has 4 nitrogen and oxygen atoms in total. The molecule has 2 aromatic rings. The van der Waals surface area contributed by atoms with Crippen molar-refractivity contribution >= 4 is 17.7 Å². The van der Waals surface area contributed by atoms with Crippen LogP contribution in [0.5, 0.6) is 0 Å². The zero-order chi connectivity index (χ0) is 19.8. The van der Waals surface area contributed by atoms with E-state index in [9.17, 15) is 9.59 Å². The normalized spacial score (nSPS) is 19.0. The van der Waals surface area contributed by atoms with E-state index in [0.29, 0.717) is 12.1 Å². The second kappa shape index (κ2) is 6.69. The highest BCUT2D eigenvalue weighted by Crippen LogP contribution is 2.48. The van der Waals surface area contributed by atoms with Crippen LogP contribution in [0.25, 0.3) is 0 Å². The minimum Gasteiger partial charge on any atom is -0.443 e. The molecule has 1 heterocycles. The van der Waals surface area contributed by atoms with Gasteiger partial charge in [-0.2, -0.15) is 0 Å². The molecule has 0 spiro atoms. The number of fused-ring (bicyclic) bond motifs is 1. The summed E-state index contributed by atoms with van der Waals surface area (Å²) in [5, 5.41) is 0. The summed E-state index contributed by atoms with van der Waals surface area (Å²) in [6, 6.07) is 15.3. The Morgan fingerprint density at radius 3 is 2.37 bits per heavy atom. The van der Waals surface area contributed by atoms with Gasteiger partial charge in [0, 0.05) is 0 Å². The van der Waals surface area contributed by atoms with E-state index in [1.807, 2.05) is 49.4 Å². The van der Waals surface area contributed by atoms with Gasteiger partial charge in [-0.05, 0) is 51.3 Å². The van der Waals surface area contributed by atoms with Gasteiger partial charge >= 0.3 is 6.09 Å². The summed E-state index contributed by atoms with van der Waals surface area (Å²) >= 11 is 0. The summed E-state index contributed by atoms with van der Waals surface area (Å²) in [6.07, 6.45) is 1.47. The maximum atomic E-state index is 13.7. The molecule has 2 aromatic carbocycles. The van der Waals surface area contributed by atoms with Gasteiger partial charge in [0.15, 0.2) is 0 Å². The molecule has 0 radical (unpaired) electrons. The molecule has 140 valence electrons. The van der Waals surface area contributed by atoms with Crippen LogP contribution in [0.15, 0.2) is 61.2 Å². The van der Waals surface area contributed by atoms with Crippen LogP contribution in [0, 0.1) is 6.92 Å². The van der Waals surface area contributed by atoms with E-state index < -0.39 is 17.1 Å². The van der Waals surface area contributed by atoms with Crippen LogP contribution in [0.3, 0.4) is 0 Å². The Morgan fingerprint density at radius 2 is 1.78 bits per heavy atom. The molecule has 1 aliphatic rings. The molecule has 27 heavy (non-hydrogen) atoms. The molecule has 0 saturated heterocycles. The molecule has 0 aliphatic carbocycles. The van der Waals surface area contributed by atoms with E-state index in [1.165, 1.54) is 4.90 Å². The molecule has 4 heteroatoms. The second-order valence-corrected chi connectivity index (χ2v) is 7.90. The molecule has 0 bridgehead atoms. The number of ether oxygens (including phenoxy) is 1. The predicted molar refractivity (Wildman–Crippen MR) is 107 cm³/mol. The third-order valence-corrected chi connectivity index (χ3v) is 4.74. The fourth-order valence-electron chi connectivity index (χ4n) is 3.58. The number of carbonyl (C=O) groups is 2. The van der Waals surface area contributed by atoms with Gasteiger partial charge in [-0.3, -0.25) is 4.79 Å². The summed E-state index contributed by atoms with van der Waals surface area (Å²) in [5.41, 5.74) is 1.64. The maximum absolute atomic E-state index is 13.7. The number of benzene rings is 2. The Bertz CT molecular complexity index is 893. The van der Waals surface area contributed by atoms with Crippen molar-refractivity contribution in [2.24, 2.45) is 0 Å². The highest BCUT2D eigenvalue weighted by molar-refractivity contribution is 6.22. The molecular formula is C23H25NO3. The Balaban J connectivity index is 2.20. The third-order valence-electron chi connectivity index (χ3n) is 4.74. The van der Waals surface area contributed by atoms with Gasteiger partial charge in [0.05, 0.1) is 5.69 Å². The van der Waals surface area contributed by atoms with Crippen LogP contribution in [0.4, 0.5) is 10.5 Å². The lowest BCUT2D eigenvalue weighted by Gasteiger charge is -2.29. The molecule has 0 aromatic heterocycles. The largest absolute Gasteiger partial charge is 0.443 e. The maximum Gasteiger partial charge on any atom is 0.421 e. The van der Waals surface area contributed by atoms with Gasteiger partial charge in [0.25, 0.3) is 5.91 Å². The summed E-state index contributed by atoms with van der Waals surface area (Å²) in [6.45, 7) is 11.2. The van der Waals surface area contributed by atoms with E-state index in [1.54, 1.807) is 32.9 Å². The van der Waals surface area contributed by atoms with Crippen molar-refractivity contribution in [3.63, 3.8) is 0 Å². The van der Waals surface area contributed by atoms with Crippen LogP contribution in [0.2, 0.25) is 0 Å². The first-order valence-corrected chi connectivity index (χ1v) is 9.06. The van der Waals surface area contributed by atoms with Gasteiger partial charge < -0.3 is 4.74 Å². The number of rotatable bonds is 3. The van der Waals surface area contributed by atoms with E-state index >= 15 is 0 Å². The minimum absolute atomic E-state index is 0.304. The number of carbonyl (C=O) groups excluding carboxylic acids is 2. The van der Waals surface area contributed by atoms with Crippen molar-refractivity contribution in [2.45, 2.75) is 45.1 Å². The monoisotopic (exact) mass is 363 g/mol. The number of anilines is 1. The molecule has 1 aliphatic heterocycles. The highest BCUT2D eigenvalue weighted by atomic mass is 16.6. The minimum atomic E-state index is -0.983. The number of hydrogen-bond acceptors (Lipinski definition) is 3. The van der Waals surface area contributed by atoms with Crippen LogP contribution in [0.1, 0.15) is 43.9 Å². The van der Waals surface area contributed by atoms with Crippen LogP contribution < -0.4 is 4.90 Å². The second-order valence-electron chi connectivity index (χ2n) is 7.90. The molecule has 2 amide bonds. The Kier molecular flexibility index (Phi) is 4.68. The van der Waals surface area contributed by atoms with Gasteiger partial charge in [0.1, 0.15) is 11.0 Å². The number of amides is 2. The smallest absolute Gasteiger partial charge is 0.421 e. The van der Waals surface area contributed by atoms with Crippen LogP contribution in [-0.4, -0.2) is 17.6 Å². The predicted octanol–water partition coefficient (Wildman–Crippen LogP) is 5.14. The topological polar surface area (TPSA) is 46.6 Å².